The van der Waals surface area contributed by atoms with Gasteiger partial charge in [0.25, 0.3) is 0 Å². The summed E-state index contributed by atoms with van der Waals surface area (Å²) in [5, 5.41) is 6.54. The summed E-state index contributed by atoms with van der Waals surface area (Å²) in [6, 6.07) is 6.27. The summed E-state index contributed by atoms with van der Waals surface area (Å²) >= 11 is 0. The molecule has 0 aliphatic heterocycles. The Bertz CT molecular complexity index is 541. The van der Waals surface area contributed by atoms with Crippen molar-refractivity contribution in [3.8, 4) is 5.75 Å². The van der Waals surface area contributed by atoms with Crippen LogP contribution in [0, 0.1) is 6.92 Å². The van der Waals surface area contributed by atoms with E-state index >= 15 is 0 Å². The highest BCUT2D eigenvalue weighted by Gasteiger charge is 2.08. The molecule has 1 atom stereocenters. The standard InChI is InChI=1S/C20H35N3O3.HI/c1-6-17(4)26-19-14-16(3)8-9-18(19)15-23-20(21-7-2)22-10-11-25-13-12-24-5;/h8-9,14,17H,6-7,10-13,15H2,1-5H3,(H2,21,22,23);1H. The highest BCUT2D eigenvalue weighted by atomic mass is 127. The van der Waals surface area contributed by atoms with E-state index in [0.717, 1.165) is 30.2 Å². The van der Waals surface area contributed by atoms with Crippen molar-refractivity contribution in [1.82, 2.24) is 10.6 Å². The van der Waals surface area contributed by atoms with E-state index in [1.165, 1.54) is 5.56 Å². The van der Waals surface area contributed by atoms with Gasteiger partial charge in [-0.3, -0.25) is 0 Å². The van der Waals surface area contributed by atoms with Crippen LogP contribution >= 0.6 is 24.0 Å². The molecular weight excluding hydrogens is 457 g/mol. The van der Waals surface area contributed by atoms with Crippen molar-refractivity contribution in [2.24, 2.45) is 4.99 Å². The first-order valence-corrected chi connectivity index (χ1v) is 9.45. The number of halogens is 1. The highest BCUT2D eigenvalue weighted by molar-refractivity contribution is 14.0. The van der Waals surface area contributed by atoms with Crippen LogP contribution in [0.25, 0.3) is 0 Å². The molecule has 6 nitrogen and oxygen atoms in total. The smallest absolute Gasteiger partial charge is 0.191 e. The van der Waals surface area contributed by atoms with E-state index in [-0.39, 0.29) is 30.1 Å². The zero-order valence-corrected chi connectivity index (χ0v) is 19.7. The van der Waals surface area contributed by atoms with Gasteiger partial charge in [0, 0.05) is 25.8 Å². The molecule has 2 N–H and O–H groups in total. The van der Waals surface area contributed by atoms with Crippen molar-refractivity contribution in [1.29, 1.82) is 0 Å². The molecule has 1 unspecified atom stereocenters. The highest BCUT2D eigenvalue weighted by Crippen LogP contribution is 2.23. The van der Waals surface area contributed by atoms with E-state index in [9.17, 15) is 0 Å². The lowest BCUT2D eigenvalue weighted by atomic mass is 10.1. The van der Waals surface area contributed by atoms with Gasteiger partial charge in [0.2, 0.25) is 0 Å². The van der Waals surface area contributed by atoms with Gasteiger partial charge in [-0.25, -0.2) is 4.99 Å². The second kappa shape index (κ2) is 15.9. The summed E-state index contributed by atoms with van der Waals surface area (Å²) in [6.07, 6.45) is 1.17. The average molecular weight is 493 g/mol. The number of aryl methyl sites for hydroxylation is 1. The summed E-state index contributed by atoms with van der Waals surface area (Å²) in [7, 11) is 1.67. The van der Waals surface area contributed by atoms with Gasteiger partial charge in [-0.2, -0.15) is 0 Å². The van der Waals surface area contributed by atoms with Gasteiger partial charge in [-0.1, -0.05) is 19.1 Å². The van der Waals surface area contributed by atoms with Gasteiger partial charge in [0.15, 0.2) is 5.96 Å². The number of nitrogens with one attached hydrogen (secondary N) is 2. The number of aliphatic imine (C=N–C) groups is 1. The van der Waals surface area contributed by atoms with Gasteiger partial charge < -0.3 is 24.8 Å². The van der Waals surface area contributed by atoms with Crippen LogP contribution < -0.4 is 15.4 Å². The SMILES string of the molecule is CCNC(=NCc1ccc(C)cc1OC(C)CC)NCCOCCOC.I. The molecule has 156 valence electrons. The molecule has 1 aromatic rings. The van der Waals surface area contributed by atoms with Gasteiger partial charge in [-0.05, 0) is 38.8 Å². The molecule has 0 saturated carbocycles. The van der Waals surface area contributed by atoms with Crippen LogP contribution in [0.5, 0.6) is 5.75 Å². The van der Waals surface area contributed by atoms with Crippen molar-refractivity contribution >= 4 is 29.9 Å². The molecule has 0 aliphatic rings. The first-order valence-electron chi connectivity index (χ1n) is 9.45. The third kappa shape index (κ3) is 11.4. The summed E-state index contributed by atoms with van der Waals surface area (Å²) in [6.45, 7) is 12.2. The Morgan fingerprint density at radius 1 is 1.15 bits per heavy atom. The number of hydrogen-bond donors (Lipinski definition) is 2. The van der Waals surface area contributed by atoms with Crippen LogP contribution in [0.15, 0.2) is 23.2 Å². The van der Waals surface area contributed by atoms with Crippen molar-refractivity contribution in [3.05, 3.63) is 29.3 Å². The predicted molar refractivity (Wildman–Crippen MR) is 122 cm³/mol. The van der Waals surface area contributed by atoms with Crippen molar-refractivity contribution in [3.63, 3.8) is 0 Å². The van der Waals surface area contributed by atoms with Crippen LogP contribution in [0.4, 0.5) is 0 Å². The lowest BCUT2D eigenvalue weighted by Crippen LogP contribution is -2.39. The zero-order valence-electron chi connectivity index (χ0n) is 17.3. The second-order valence-electron chi connectivity index (χ2n) is 6.18. The Balaban J connectivity index is 0.00000676. The summed E-state index contributed by atoms with van der Waals surface area (Å²) in [5.41, 5.74) is 2.28. The number of hydrogen-bond acceptors (Lipinski definition) is 4. The minimum atomic E-state index is 0. The maximum atomic E-state index is 6.06. The normalized spacial score (nSPS) is 12.3. The summed E-state index contributed by atoms with van der Waals surface area (Å²) in [4.78, 5) is 4.68. The number of guanidine groups is 1. The Morgan fingerprint density at radius 2 is 1.93 bits per heavy atom. The fraction of sp³-hybridized carbons (Fsp3) is 0.650. The second-order valence-corrected chi connectivity index (χ2v) is 6.18. The minimum absolute atomic E-state index is 0. The first kappa shape index (κ1) is 25.9. The van der Waals surface area contributed by atoms with Crippen LogP contribution in [0.3, 0.4) is 0 Å². The van der Waals surface area contributed by atoms with Crippen LogP contribution in [0.2, 0.25) is 0 Å². The summed E-state index contributed by atoms with van der Waals surface area (Å²) in [5.74, 6) is 1.69. The van der Waals surface area contributed by atoms with E-state index in [0.29, 0.717) is 32.9 Å². The predicted octanol–water partition coefficient (Wildman–Crippen LogP) is 3.51. The molecule has 27 heavy (non-hydrogen) atoms. The first-order chi connectivity index (χ1) is 12.6. The zero-order chi connectivity index (χ0) is 19.2. The largest absolute Gasteiger partial charge is 0.490 e. The third-order valence-corrected chi connectivity index (χ3v) is 3.85. The molecule has 0 heterocycles. The fourth-order valence-corrected chi connectivity index (χ4v) is 2.19. The molecule has 0 saturated heterocycles. The van der Waals surface area contributed by atoms with Gasteiger partial charge in [0.05, 0.1) is 32.5 Å². The Labute approximate surface area is 181 Å². The number of rotatable bonds is 12. The monoisotopic (exact) mass is 493 g/mol. The van der Waals surface area contributed by atoms with Crippen LogP contribution in [-0.2, 0) is 16.0 Å². The van der Waals surface area contributed by atoms with E-state index < -0.39 is 0 Å². The molecule has 0 aromatic heterocycles. The molecule has 0 amide bonds. The van der Waals surface area contributed by atoms with E-state index in [2.05, 4.69) is 61.5 Å². The van der Waals surface area contributed by atoms with Crippen molar-refractivity contribution < 1.29 is 14.2 Å². The Hall–Kier alpha value is -1.06. The lowest BCUT2D eigenvalue weighted by molar-refractivity contribution is 0.0733. The molecular formula is C20H36IN3O3. The van der Waals surface area contributed by atoms with E-state index in [1.54, 1.807) is 7.11 Å². The van der Waals surface area contributed by atoms with Crippen LogP contribution in [-0.4, -0.2) is 52.1 Å². The fourth-order valence-electron chi connectivity index (χ4n) is 2.19. The number of benzene rings is 1. The topological polar surface area (TPSA) is 64.1 Å². The van der Waals surface area contributed by atoms with Crippen molar-refractivity contribution in [2.45, 2.75) is 46.8 Å². The third-order valence-electron chi connectivity index (χ3n) is 3.85. The molecule has 1 rings (SSSR count). The average Bonchev–Trinajstić information content (AvgIpc) is 2.63. The molecule has 0 spiro atoms. The molecule has 0 bridgehead atoms. The van der Waals surface area contributed by atoms with E-state index in [1.807, 2.05) is 0 Å². The number of nitrogens with zero attached hydrogens (tertiary/aromatic N) is 1. The minimum Gasteiger partial charge on any atom is -0.490 e. The van der Waals surface area contributed by atoms with Crippen LogP contribution in [0.1, 0.15) is 38.3 Å². The maximum absolute atomic E-state index is 6.06. The Morgan fingerprint density at radius 3 is 2.59 bits per heavy atom. The van der Waals surface area contributed by atoms with Gasteiger partial charge in [-0.15, -0.1) is 24.0 Å². The molecule has 0 fully saturated rings. The number of methoxy groups -OCH3 is 1. The van der Waals surface area contributed by atoms with Crippen molar-refractivity contribution in [2.75, 3.05) is 40.0 Å². The lowest BCUT2D eigenvalue weighted by Gasteiger charge is -2.17. The maximum Gasteiger partial charge on any atom is 0.191 e. The van der Waals surface area contributed by atoms with Gasteiger partial charge in [0.1, 0.15) is 5.75 Å². The van der Waals surface area contributed by atoms with E-state index in [4.69, 9.17) is 14.2 Å². The quantitative estimate of drug-likeness (QED) is 0.202. The van der Waals surface area contributed by atoms with Gasteiger partial charge >= 0.3 is 0 Å². The summed E-state index contributed by atoms with van der Waals surface area (Å²) < 4.78 is 16.5. The molecule has 7 heteroatoms. The Kier molecular flexibility index (Phi) is 15.3. The molecule has 0 radical (unpaired) electrons. The number of ether oxygens (including phenoxy) is 3. The molecule has 0 aliphatic carbocycles. The molecule has 1 aromatic carbocycles.